The minimum Gasteiger partial charge on any atom is -0.493 e. The van der Waals surface area contributed by atoms with Crippen LogP contribution in [-0.4, -0.2) is 61.3 Å². The molecule has 2 aliphatic rings. The summed E-state index contributed by atoms with van der Waals surface area (Å²) in [5.41, 5.74) is 3.12. The third kappa shape index (κ3) is 6.31. The van der Waals surface area contributed by atoms with Gasteiger partial charge in [-0.05, 0) is 29.3 Å². The van der Waals surface area contributed by atoms with Gasteiger partial charge in [-0.2, -0.15) is 18.3 Å². The van der Waals surface area contributed by atoms with E-state index in [9.17, 15) is 13.2 Å². The summed E-state index contributed by atoms with van der Waals surface area (Å²) in [6, 6.07) is 12.5. The minimum absolute atomic E-state index is 0. The summed E-state index contributed by atoms with van der Waals surface area (Å²) in [6.45, 7) is 4.65. The van der Waals surface area contributed by atoms with Crippen molar-refractivity contribution in [2.45, 2.75) is 31.2 Å². The van der Waals surface area contributed by atoms with E-state index in [4.69, 9.17) is 9.47 Å². The van der Waals surface area contributed by atoms with Crippen LogP contribution in [0.5, 0.6) is 11.5 Å². The highest BCUT2D eigenvalue weighted by atomic mass is 35.5. The average molecular weight is 574 g/mol. The van der Waals surface area contributed by atoms with Gasteiger partial charge in [-0.15, -0.1) is 24.8 Å². The number of nitrogens with one attached hydrogen (secondary N) is 2. The second-order valence-electron chi connectivity index (χ2n) is 9.19. The number of piperazine rings is 1. The van der Waals surface area contributed by atoms with Crippen LogP contribution in [0.25, 0.3) is 11.3 Å². The van der Waals surface area contributed by atoms with Crippen molar-refractivity contribution in [3.63, 3.8) is 0 Å². The molecule has 5 rings (SSSR count). The molecule has 1 saturated heterocycles. The minimum atomic E-state index is -4.45. The molecule has 2 N–H and O–H groups in total. The Morgan fingerprint density at radius 3 is 2.39 bits per heavy atom. The smallest absolute Gasteiger partial charge is 0.410 e. The van der Waals surface area contributed by atoms with Crippen LogP contribution < -0.4 is 20.1 Å². The zero-order chi connectivity index (χ0) is 25.3. The van der Waals surface area contributed by atoms with E-state index in [-0.39, 0.29) is 31.2 Å². The Bertz CT molecular complexity index is 1220. The Balaban J connectivity index is 0.00000200. The van der Waals surface area contributed by atoms with E-state index in [1.165, 1.54) is 14.2 Å². The molecule has 2 aromatic carbocycles. The van der Waals surface area contributed by atoms with Gasteiger partial charge in [0.1, 0.15) is 5.82 Å². The second kappa shape index (κ2) is 12.5. The zero-order valence-electron chi connectivity index (χ0n) is 21.1. The normalized spacial score (nSPS) is 19.4. The molecule has 0 spiro atoms. The molecule has 0 radical (unpaired) electrons. The lowest BCUT2D eigenvalue weighted by molar-refractivity contribution is -0.173. The number of alkyl halides is 3. The Kier molecular flexibility index (Phi) is 9.80. The van der Waals surface area contributed by atoms with Crippen molar-refractivity contribution in [2.75, 3.05) is 45.7 Å². The van der Waals surface area contributed by atoms with Gasteiger partial charge in [0.15, 0.2) is 17.5 Å². The lowest BCUT2D eigenvalue weighted by Gasteiger charge is -2.33. The van der Waals surface area contributed by atoms with Crippen molar-refractivity contribution in [1.29, 1.82) is 0 Å². The van der Waals surface area contributed by atoms with Crippen molar-refractivity contribution < 1.29 is 22.6 Å². The van der Waals surface area contributed by atoms with Crippen molar-refractivity contribution >= 4 is 30.6 Å². The third-order valence-corrected chi connectivity index (χ3v) is 6.84. The first-order chi connectivity index (χ1) is 17.4. The summed E-state index contributed by atoms with van der Waals surface area (Å²) < 4.78 is 54.2. The molecule has 12 heteroatoms. The van der Waals surface area contributed by atoms with Crippen LogP contribution in [0, 0.1) is 0 Å². The standard InChI is InChI=1S/C26H30F3N5O2.2ClH/c1-35-22-7-6-19(13-23(22)36-2)20-14-24(26(27,28)29)34-25(31-20)15-21(32-34)18-5-3-4-17(12-18)16-33-10-8-30-9-11-33;;/h3-7,12-13,15,20,24,30-31H,8-11,14,16H2,1-2H3;2*1H. The van der Waals surface area contributed by atoms with Gasteiger partial charge in [-0.1, -0.05) is 24.3 Å². The highest BCUT2D eigenvalue weighted by Crippen LogP contribution is 2.45. The highest BCUT2D eigenvalue weighted by Gasteiger charge is 2.46. The number of hydrogen-bond acceptors (Lipinski definition) is 6. The maximum atomic E-state index is 14.2. The van der Waals surface area contributed by atoms with Crippen LogP contribution in [0.15, 0.2) is 48.5 Å². The molecule has 0 bridgehead atoms. The van der Waals surface area contributed by atoms with Gasteiger partial charge >= 0.3 is 6.18 Å². The number of benzene rings is 2. The first-order valence-electron chi connectivity index (χ1n) is 12.0. The summed E-state index contributed by atoms with van der Waals surface area (Å²) in [5.74, 6) is 1.34. The molecule has 1 aromatic heterocycles. The number of hydrogen-bond donors (Lipinski definition) is 2. The van der Waals surface area contributed by atoms with Gasteiger partial charge in [0.05, 0.1) is 26.0 Å². The fourth-order valence-corrected chi connectivity index (χ4v) is 4.96. The van der Waals surface area contributed by atoms with Gasteiger partial charge in [-0.25, -0.2) is 4.68 Å². The quantitative estimate of drug-likeness (QED) is 0.407. The van der Waals surface area contributed by atoms with E-state index in [1.54, 1.807) is 24.3 Å². The Morgan fingerprint density at radius 2 is 1.71 bits per heavy atom. The van der Waals surface area contributed by atoms with Crippen LogP contribution in [0.2, 0.25) is 0 Å². The Labute approximate surface area is 232 Å². The number of rotatable bonds is 6. The van der Waals surface area contributed by atoms with Crippen molar-refractivity contribution in [3.8, 4) is 22.8 Å². The van der Waals surface area contributed by atoms with E-state index in [0.717, 1.165) is 48.5 Å². The number of fused-ring (bicyclic) bond motifs is 1. The Hall–Kier alpha value is -2.66. The second-order valence-corrected chi connectivity index (χ2v) is 9.19. The van der Waals surface area contributed by atoms with Gasteiger partial charge < -0.3 is 20.1 Å². The lowest BCUT2D eigenvalue weighted by Crippen LogP contribution is -2.42. The molecule has 0 saturated carbocycles. The highest BCUT2D eigenvalue weighted by molar-refractivity contribution is 5.85. The first-order valence-corrected chi connectivity index (χ1v) is 12.0. The van der Waals surface area contributed by atoms with Gasteiger partial charge in [-0.3, -0.25) is 4.90 Å². The predicted molar refractivity (Wildman–Crippen MR) is 146 cm³/mol. The Morgan fingerprint density at radius 1 is 0.974 bits per heavy atom. The number of nitrogens with zero attached hydrogens (tertiary/aromatic N) is 3. The van der Waals surface area contributed by atoms with Crippen LogP contribution in [-0.2, 0) is 6.54 Å². The third-order valence-electron chi connectivity index (χ3n) is 6.84. The van der Waals surface area contributed by atoms with E-state index in [1.807, 2.05) is 24.3 Å². The molecule has 1 fully saturated rings. The zero-order valence-corrected chi connectivity index (χ0v) is 22.8. The molecule has 7 nitrogen and oxygen atoms in total. The van der Waals surface area contributed by atoms with E-state index < -0.39 is 18.3 Å². The monoisotopic (exact) mass is 573 g/mol. The van der Waals surface area contributed by atoms with E-state index in [2.05, 4.69) is 20.6 Å². The van der Waals surface area contributed by atoms with Crippen molar-refractivity contribution in [1.82, 2.24) is 20.0 Å². The van der Waals surface area contributed by atoms with Crippen LogP contribution >= 0.6 is 24.8 Å². The molecular formula is C26H32Cl2F3N5O2. The number of halogens is 5. The van der Waals surface area contributed by atoms with E-state index >= 15 is 0 Å². The summed E-state index contributed by atoms with van der Waals surface area (Å²) in [5, 5.41) is 11.0. The molecule has 2 unspecified atom stereocenters. The lowest BCUT2D eigenvalue weighted by atomic mass is 9.96. The molecular weight excluding hydrogens is 542 g/mol. The average Bonchev–Trinajstić information content (AvgIpc) is 3.32. The van der Waals surface area contributed by atoms with Gasteiger partial charge in [0.2, 0.25) is 0 Å². The SMILES string of the molecule is COc1ccc(C2CC(C(F)(F)F)n3nc(-c4cccc(CN5CCNCC5)c4)cc3N2)cc1OC.Cl.Cl. The summed E-state index contributed by atoms with van der Waals surface area (Å²) in [6.07, 6.45) is -4.63. The van der Waals surface area contributed by atoms with Gasteiger partial charge in [0.25, 0.3) is 0 Å². The largest absolute Gasteiger partial charge is 0.493 e. The number of anilines is 1. The fraction of sp³-hybridized carbons (Fsp3) is 0.423. The summed E-state index contributed by atoms with van der Waals surface area (Å²) in [4.78, 5) is 2.36. The van der Waals surface area contributed by atoms with Crippen molar-refractivity contribution in [3.05, 3.63) is 59.7 Å². The number of ether oxygens (including phenoxy) is 2. The predicted octanol–water partition coefficient (Wildman–Crippen LogP) is 5.48. The molecule has 3 aromatic rings. The molecule has 0 aliphatic carbocycles. The van der Waals surface area contributed by atoms with Gasteiger partial charge in [0, 0.05) is 50.8 Å². The molecule has 2 atom stereocenters. The molecule has 2 aliphatic heterocycles. The van der Waals surface area contributed by atoms with Crippen LogP contribution in [0.4, 0.5) is 19.0 Å². The first kappa shape index (κ1) is 29.9. The van der Waals surface area contributed by atoms with E-state index in [0.29, 0.717) is 28.6 Å². The van der Waals surface area contributed by atoms with Crippen LogP contribution in [0.1, 0.15) is 29.6 Å². The fourth-order valence-electron chi connectivity index (χ4n) is 4.96. The van der Waals surface area contributed by atoms with Crippen molar-refractivity contribution in [2.24, 2.45) is 0 Å². The summed E-state index contributed by atoms with van der Waals surface area (Å²) in [7, 11) is 3.03. The molecule has 3 heterocycles. The number of methoxy groups -OCH3 is 2. The topological polar surface area (TPSA) is 63.6 Å². The maximum absolute atomic E-state index is 14.2. The number of aromatic nitrogens is 2. The van der Waals surface area contributed by atoms with Crippen LogP contribution in [0.3, 0.4) is 0 Å². The molecule has 0 amide bonds. The molecule has 208 valence electrons. The maximum Gasteiger partial charge on any atom is 0.410 e. The summed E-state index contributed by atoms with van der Waals surface area (Å²) >= 11 is 0. The molecule has 38 heavy (non-hydrogen) atoms.